The van der Waals surface area contributed by atoms with Crippen LogP contribution in [0.3, 0.4) is 0 Å². The Balaban J connectivity index is 1.15. The van der Waals surface area contributed by atoms with Crippen LogP contribution in [0.5, 0.6) is 5.75 Å². The van der Waals surface area contributed by atoms with Crippen molar-refractivity contribution in [1.29, 1.82) is 0 Å². The third-order valence-electron chi connectivity index (χ3n) is 5.94. The second-order valence-electron chi connectivity index (χ2n) is 9.66. The molecule has 0 bridgehead atoms. The van der Waals surface area contributed by atoms with Crippen LogP contribution in [0.1, 0.15) is 5.56 Å². The van der Waals surface area contributed by atoms with E-state index in [1.54, 1.807) is 0 Å². The van der Waals surface area contributed by atoms with Crippen molar-refractivity contribution in [3.63, 3.8) is 0 Å². The van der Waals surface area contributed by atoms with Crippen molar-refractivity contribution in [2.75, 3.05) is 132 Å². The van der Waals surface area contributed by atoms with Gasteiger partial charge in [-0.1, -0.05) is 48.5 Å². The van der Waals surface area contributed by atoms with Crippen LogP contribution in [0.25, 0.3) is 0 Å². The largest absolute Gasteiger partial charge is 0.491 e. The third kappa shape index (κ3) is 26.9. The topological polar surface area (TPSA) is 131 Å². The molecule has 0 saturated carbocycles. The van der Waals surface area contributed by atoms with Gasteiger partial charge in [0.2, 0.25) is 0 Å². The number of hydrogen-bond donors (Lipinski definition) is 1. The molecule has 0 aromatic heterocycles. The highest BCUT2D eigenvalue weighted by molar-refractivity contribution is 5.67. The standard InChI is InChI=1S/C34H53NO12/c36-34(47-31-32-7-3-1-4-8-32)35-11-12-37-13-14-38-15-16-39-17-18-40-19-20-41-21-22-42-23-24-43-25-26-44-27-28-45-29-30-46-33-9-5-2-6-10-33/h1-10H,11-31H2,(H,35,36). The molecule has 0 atom stereocenters. The maximum Gasteiger partial charge on any atom is 0.407 e. The zero-order chi connectivity index (χ0) is 33.1. The van der Waals surface area contributed by atoms with Gasteiger partial charge in [-0.15, -0.1) is 0 Å². The molecule has 47 heavy (non-hydrogen) atoms. The number of benzene rings is 2. The van der Waals surface area contributed by atoms with Gasteiger partial charge in [-0.3, -0.25) is 0 Å². The van der Waals surface area contributed by atoms with Gasteiger partial charge in [-0.2, -0.15) is 0 Å². The summed E-state index contributed by atoms with van der Waals surface area (Å²) in [5.74, 6) is 0.840. The Labute approximate surface area is 278 Å². The molecular weight excluding hydrogens is 614 g/mol. The van der Waals surface area contributed by atoms with Crippen LogP contribution in [0.15, 0.2) is 60.7 Å². The fourth-order valence-electron chi connectivity index (χ4n) is 3.60. The Bertz CT molecular complexity index is 941. The molecular formula is C34H53NO12. The van der Waals surface area contributed by atoms with E-state index in [-0.39, 0.29) is 6.61 Å². The molecule has 13 heteroatoms. The minimum Gasteiger partial charge on any atom is -0.491 e. The lowest BCUT2D eigenvalue weighted by atomic mass is 10.2. The van der Waals surface area contributed by atoms with E-state index in [1.165, 1.54) is 0 Å². The molecule has 2 rings (SSSR count). The first kappa shape index (κ1) is 40.3. The number of para-hydroxylation sites is 1. The number of carbonyl (C=O) groups excluding carboxylic acids is 1. The van der Waals surface area contributed by atoms with Crippen LogP contribution >= 0.6 is 0 Å². The number of amides is 1. The van der Waals surface area contributed by atoms with Gasteiger partial charge in [-0.05, 0) is 17.7 Å². The number of carbonyl (C=O) groups is 1. The van der Waals surface area contributed by atoms with E-state index in [0.29, 0.717) is 132 Å². The molecule has 0 aliphatic carbocycles. The van der Waals surface area contributed by atoms with Crippen molar-refractivity contribution in [1.82, 2.24) is 5.32 Å². The van der Waals surface area contributed by atoms with Gasteiger partial charge in [0.15, 0.2) is 0 Å². The first-order valence-corrected chi connectivity index (χ1v) is 16.2. The summed E-state index contributed by atoms with van der Waals surface area (Å²) >= 11 is 0. The predicted octanol–water partition coefficient (Wildman–Crippen LogP) is 3.14. The van der Waals surface area contributed by atoms with Crippen molar-refractivity contribution < 1.29 is 56.9 Å². The van der Waals surface area contributed by atoms with Gasteiger partial charge in [0.1, 0.15) is 19.0 Å². The summed E-state index contributed by atoms with van der Waals surface area (Å²) in [4.78, 5) is 11.6. The van der Waals surface area contributed by atoms with Gasteiger partial charge in [-0.25, -0.2) is 4.79 Å². The zero-order valence-corrected chi connectivity index (χ0v) is 27.5. The Hall–Kier alpha value is -2.85. The van der Waals surface area contributed by atoms with E-state index in [0.717, 1.165) is 11.3 Å². The Morgan fingerprint density at radius 2 is 0.766 bits per heavy atom. The molecule has 0 spiro atoms. The molecule has 1 amide bonds. The summed E-state index contributed by atoms with van der Waals surface area (Å²) in [7, 11) is 0. The van der Waals surface area contributed by atoms with Crippen LogP contribution < -0.4 is 10.1 Å². The van der Waals surface area contributed by atoms with Crippen molar-refractivity contribution >= 4 is 6.09 Å². The van der Waals surface area contributed by atoms with Gasteiger partial charge in [0, 0.05) is 6.54 Å². The lowest BCUT2D eigenvalue weighted by molar-refractivity contribution is -0.0253. The summed E-state index contributed by atoms with van der Waals surface area (Å²) in [6.07, 6.45) is -0.468. The second kappa shape index (κ2) is 31.7. The van der Waals surface area contributed by atoms with Crippen LogP contribution in [-0.2, 0) is 54.0 Å². The summed E-state index contributed by atoms with van der Waals surface area (Å²) in [5, 5.41) is 2.64. The maximum atomic E-state index is 11.6. The summed E-state index contributed by atoms with van der Waals surface area (Å²) in [5.41, 5.74) is 0.938. The third-order valence-corrected chi connectivity index (χ3v) is 5.94. The van der Waals surface area contributed by atoms with E-state index in [2.05, 4.69) is 5.32 Å². The first-order chi connectivity index (χ1) is 23.3. The molecule has 0 unspecified atom stereocenters. The molecule has 2 aromatic carbocycles. The van der Waals surface area contributed by atoms with E-state index >= 15 is 0 Å². The van der Waals surface area contributed by atoms with Crippen LogP contribution in [0.4, 0.5) is 4.79 Å². The average Bonchev–Trinajstić information content (AvgIpc) is 3.10. The van der Waals surface area contributed by atoms with Gasteiger partial charge < -0.3 is 57.4 Å². The van der Waals surface area contributed by atoms with Crippen molar-refractivity contribution in [2.24, 2.45) is 0 Å². The van der Waals surface area contributed by atoms with Gasteiger partial charge >= 0.3 is 6.09 Å². The predicted molar refractivity (Wildman–Crippen MR) is 174 cm³/mol. The van der Waals surface area contributed by atoms with Crippen molar-refractivity contribution in [3.05, 3.63) is 66.2 Å². The minimum atomic E-state index is -0.468. The molecule has 2 aromatic rings. The maximum absolute atomic E-state index is 11.6. The van der Waals surface area contributed by atoms with E-state index in [9.17, 15) is 4.79 Å². The van der Waals surface area contributed by atoms with Crippen LogP contribution in [-0.4, -0.2) is 138 Å². The lowest BCUT2D eigenvalue weighted by Crippen LogP contribution is -2.28. The molecule has 0 saturated heterocycles. The monoisotopic (exact) mass is 667 g/mol. The highest BCUT2D eigenvalue weighted by Gasteiger charge is 2.02. The van der Waals surface area contributed by atoms with Crippen LogP contribution in [0.2, 0.25) is 0 Å². The number of alkyl carbamates (subject to hydrolysis) is 1. The summed E-state index contributed by atoms with van der Waals surface area (Å²) in [6, 6.07) is 19.2. The van der Waals surface area contributed by atoms with E-state index in [1.807, 2.05) is 60.7 Å². The molecule has 0 aliphatic rings. The molecule has 0 radical (unpaired) electrons. The quantitative estimate of drug-likeness (QED) is 0.112. The Morgan fingerprint density at radius 3 is 1.17 bits per heavy atom. The molecule has 13 nitrogen and oxygen atoms in total. The smallest absolute Gasteiger partial charge is 0.407 e. The Morgan fingerprint density at radius 1 is 0.426 bits per heavy atom. The average molecular weight is 668 g/mol. The highest BCUT2D eigenvalue weighted by atomic mass is 16.6. The van der Waals surface area contributed by atoms with Gasteiger partial charge in [0.25, 0.3) is 0 Å². The molecule has 1 N–H and O–H groups in total. The Kier molecular flexibility index (Phi) is 27.2. The van der Waals surface area contributed by atoms with Crippen molar-refractivity contribution in [2.45, 2.75) is 6.61 Å². The van der Waals surface area contributed by atoms with E-state index < -0.39 is 6.09 Å². The lowest BCUT2D eigenvalue weighted by Gasteiger charge is -2.09. The second-order valence-corrected chi connectivity index (χ2v) is 9.66. The number of ether oxygens (including phenoxy) is 11. The highest BCUT2D eigenvalue weighted by Crippen LogP contribution is 2.07. The molecule has 0 aliphatic heterocycles. The summed E-state index contributed by atoms with van der Waals surface area (Å²) < 4.78 is 59.9. The normalized spacial score (nSPS) is 11.1. The fourth-order valence-corrected chi connectivity index (χ4v) is 3.60. The van der Waals surface area contributed by atoms with E-state index in [4.69, 9.17) is 52.1 Å². The minimum absolute atomic E-state index is 0.238. The molecule has 266 valence electrons. The van der Waals surface area contributed by atoms with Crippen molar-refractivity contribution in [3.8, 4) is 5.75 Å². The van der Waals surface area contributed by atoms with Crippen LogP contribution in [0, 0.1) is 0 Å². The fraction of sp³-hybridized carbons (Fsp3) is 0.618. The number of hydrogen-bond acceptors (Lipinski definition) is 12. The SMILES string of the molecule is O=C(NCCOCCOCCOCCOCCOCCOCCOCCOCCOCCOc1ccccc1)OCc1ccccc1. The first-order valence-electron chi connectivity index (χ1n) is 16.2. The zero-order valence-electron chi connectivity index (χ0n) is 27.5. The van der Waals surface area contributed by atoms with Gasteiger partial charge in [0.05, 0.1) is 119 Å². The number of rotatable bonds is 33. The molecule has 0 heterocycles. The number of nitrogens with one attached hydrogen (secondary N) is 1. The summed E-state index contributed by atoms with van der Waals surface area (Å²) in [6.45, 7) is 9.88. The molecule has 0 fully saturated rings.